The van der Waals surface area contributed by atoms with Crippen molar-refractivity contribution in [2.75, 3.05) is 0 Å². The predicted molar refractivity (Wildman–Crippen MR) is 70.1 cm³/mol. The molecule has 0 spiro atoms. The van der Waals surface area contributed by atoms with Crippen LogP contribution >= 0.6 is 0 Å². The summed E-state index contributed by atoms with van der Waals surface area (Å²) in [7, 11) is 0. The number of nitrogens with two attached hydrogens (primary N) is 1. The van der Waals surface area contributed by atoms with Crippen LogP contribution in [0.5, 0.6) is 0 Å². The van der Waals surface area contributed by atoms with Gasteiger partial charge in [-0.3, -0.25) is 4.79 Å². The van der Waals surface area contributed by atoms with Crippen molar-refractivity contribution in [2.45, 2.75) is 44.6 Å². The zero-order valence-corrected chi connectivity index (χ0v) is 11.0. The Labute approximate surface area is 111 Å². The standard InChI is InChI=1S/C13H19N3O3/c1-9-7-10(8-19-9)11(17)15-13(12(14)16-18)5-3-2-4-6-13/h7-8,18H,2-6H2,1H3,(H2,14,16)(H,15,17). The van der Waals surface area contributed by atoms with Crippen LogP contribution in [0.4, 0.5) is 0 Å². The minimum absolute atomic E-state index is 0.0702. The van der Waals surface area contributed by atoms with Crippen molar-refractivity contribution in [3.63, 3.8) is 0 Å². The first-order chi connectivity index (χ1) is 9.07. The third-order valence-electron chi connectivity index (χ3n) is 3.65. The molecule has 4 N–H and O–H groups in total. The third kappa shape index (κ3) is 2.72. The highest BCUT2D eigenvalue weighted by molar-refractivity contribution is 6.00. The van der Waals surface area contributed by atoms with Gasteiger partial charge in [0.1, 0.15) is 17.6 Å². The van der Waals surface area contributed by atoms with Crippen LogP contribution in [0, 0.1) is 6.92 Å². The van der Waals surface area contributed by atoms with Gasteiger partial charge in [0.25, 0.3) is 5.91 Å². The van der Waals surface area contributed by atoms with E-state index in [1.807, 2.05) is 0 Å². The van der Waals surface area contributed by atoms with E-state index in [4.69, 9.17) is 15.4 Å². The first kappa shape index (κ1) is 13.5. The largest absolute Gasteiger partial charge is 0.469 e. The van der Waals surface area contributed by atoms with Crippen LogP contribution in [0.15, 0.2) is 21.9 Å². The lowest BCUT2D eigenvalue weighted by Gasteiger charge is -2.36. The number of rotatable bonds is 3. The molecule has 1 saturated carbocycles. The highest BCUT2D eigenvalue weighted by atomic mass is 16.4. The topological polar surface area (TPSA) is 101 Å². The first-order valence-electron chi connectivity index (χ1n) is 6.43. The van der Waals surface area contributed by atoms with Gasteiger partial charge < -0.3 is 20.7 Å². The lowest BCUT2D eigenvalue weighted by molar-refractivity contribution is 0.0905. The summed E-state index contributed by atoms with van der Waals surface area (Å²) in [6, 6.07) is 1.66. The van der Waals surface area contributed by atoms with Gasteiger partial charge in [0.05, 0.1) is 5.56 Å². The molecule has 19 heavy (non-hydrogen) atoms. The molecular weight excluding hydrogens is 246 g/mol. The van der Waals surface area contributed by atoms with Crippen LogP contribution in [-0.4, -0.2) is 22.5 Å². The summed E-state index contributed by atoms with van der Waals surface area (Å²) in [5, 5.41) is 14.9. The van der Waals surface area contributed by atoms with Gasteiger partial charge in [0.15, 0.2) is 5.84 Å². The monoisotopic (exact) mass is 265 g/mol. The van der Waals surface area contributed by atoms with Gasteiger partial charge in [-0.15, -0.1) is 0 Å². The van der Waals surface area contributed by atoms with Crippen LogP contribution in [0.2, 0.25) is 0 Å². The lowest BCUT2D eigenvalue weighted by atomic mass is 9.80. The van der Waals surface area contributed by atoms with E-state index in [0.29, 0.717) is 24.2 Å². The van der Waals surface area contributed by atoms with Crippen molar-refractivity contribution >= 4 is 11.7 Å². The molecule has 0 radical (unpaired) electrons. The van der Waals surface area contributed by atoms with Gasteiger partial charge in [-0.25, -0.2) is 0 Å². The molecular formula is C13H19N3O3. The number of carbonyl (C=O) groups excluding carboxylic acids is 1. The van der Waals surface area contributed by atoms with E-state index in [2.05, 4.69) is 10.5 Å². The van der Waals surface area contributed by atoms with Crippen molar-refractivity contribution < 1.29 is 14.4 Å². The number of furan rings is 1. The molecule has 0 unspecified atom stereocenters. The SMILES string of the molecule is Cc1cc(C(=O)NC2(C(N)=NO)CCCCC2)co1. The number of amides is 1. The second-order valence-electron chi connectivity index (χ2n) is 5.03. The van der Waals surface area contributed by atoms with Gasteiger partial charge in [-0.1, -0.05) is 24.4 Å². The summed E-state index contributed by atoms with van der Waals surface area (Å²) in [5.74, 6) is 0.484. The van der Waals surface area contributed by atoms with Gasteiger partial charge in [0.2, 0.25) is 0 Å². The van der Waals surface area contributed by atoms with E-state index >= 15 is 0 Å². The van der Waals surface area contributed by atoms with E-state index < -0.39 is 5.54 Å². The molecule has 1 aliphatic carbocycles. The summed E-state index contributed by atoms with van der Waals surface area (Å²) >= 11 is 0. The van der Waals surface area contributed by atoms with Crippen LogP contribution in [0.25, 0.3) is 0 Å². The maximum Gasteiger partial charge on any atom is 0.255 e. The quantitative estimate of drug-likeness (QED) is 0.335. The molecule has 1 heterocycles. The normalized spacial score (nSPS) is 19.1. The number of hydrogen-bond acceptors (Lipinski definition) is 4. The maximum atomic E-state index is 12.2. The average molecular weight is 265 g/mol. The minimum atomic E-state index is -0.741. The minimum Gasteiger partial charge on any atom is -0.469 e. The lowest BCUT2D eigenvalue weighted by Crippen LogP contribution is -2.58. The zero-order valence-electron chi connectivity index (χ0n) is 11.0. The molecule has 1 fully saturated rings. The smallest absolute Gasteiger partial charge is 0.255 e. The molecule has 0 aromatic carbocycles. The summed E-state index contributed by atoms with van der Waals surface area (Å²) in [4.78, 5) is 12.2. The number of nitrogens with zero attached hydrogens (tertiary/aromatic N) is 1. The van der Waals surface area contributed by atoms with Crippen LogP contribution in [0.1, 0.15) is 48.2 Å². The van der Waals surface area contributed by atoms with Crippen molar-refractivity contribution in [3.8, 4) is 0 Å². The van der Waals surface area contributed by atoms with Gasteiger partial charge in [-0.2, -0.15) is 0 Å². The van der Waals surface area contributed by atoms with Gasteiger partial charge >= 0.3 is 0 Å². The molecule has 0 atom stereocenters. The van der Waals surface area contributed by atoms with Crippen molar-refractivity contribution in [1.82, 2.24) is 5.32 Å². The Morgan fingerprint density at radius 2 is 2.16 bits per heavy atom. The van der Waals surface area contributed by atoms with E-state index in [9.17, 15) is 4.79 Å². The fraction of sp³-hybridized carbons (Fsp3) is 0.538. The molecule has 0 saturated heterocycles. The average Bonchev–Trinajstić information content (AvgIpc) is 2.85. The molecule has 0 bridgehead atoms. The molecule has 1 aliphatic rings. The van der Waals surface area contributed by atoms with E-state index in [0.717, 1.165) is 19.3 Å². The Bertz CT molecular complexity index is 487. The van der Waals surface area contributed by atoms with Crippen LogP contribution in [0.3, 0.4) is 0 Å². The van der Waals surface area contributed by atoms with Gasteiger partial charge in [0, 0.05) is 0 Å². The number of nitrogens with one attached hydrogen (secondary N) is 1. The summed E-state index contributed by atoms with van der Waals surface area (Å²) in [6.45, 7) is 1.77. The van der Waals surface area contributed by atoms with Crippen LogP contribution in [-0.2, 0) is 0 Å². The Morgan fingerprint density at radius 1 is 1.47 bits per heavy atom. The molecule has 2 rings (SSSR count). The Morgan fingerprint density at radius 3 is 2.68 bits per heavy atom. The Balaban J connectivity index is 2.19. The number of oxime groups is 1. The number of aryl methyl sites for hydroxylation is 1. The van der Waals surface area contributed by atoms with E-state index in [1.165, 1.54) is 6.26 Å². The van der Waals surface area contributed by atoms with Crippen molar-refractivity contribution in [2.24, 2.45) is 10.9 Å². The van der Waals surface area contributed by atoms with E-state index in [1.54, 1.807) is 13.0 Å². The third-order valence-corrected chi connectivity index (χ3v) is 3.65. The highest BCUT2D eigenvalue weighted by Crippen LogP contribution is 2.29. The summed E-state index contributed by atoms with van der Waals surface area (Å²) < 4.78 is 5.12. The van der Waals surface area contributed by atoms with Gasteiger partial charge in [-0.05, 0) is 25.8 Å². The molecule has 1 amide bonds. The molecule has 1 aromatic heterocycles. The predicted octanol–water partition coefficient (Wildman–Crippen LogP) is 1.77. The number of hydrogen-bond donors (Lipinski definition) is 3. The summed E-state index contributed by atoms with van der Waals surface area (Å²) in [6.07, 6.45) is 5.77. The molecule has 6 nitrogen and oxygen atoms in total. The van der Waals surface area contributed by atoms with E-state index in [-0.39, 0.29) is 11.7 Å². The highest BCUT2D eigenvalue weighted by Gasteiger charge is 2.38. The Hall–Kier alpha value is -1.98. The zero-order chi connectivity index (χ0) is 13.9. The van der Waals surface area contributed by atoms with Crippen molar-refractivity contribution in [1.29, 1.82) is 0 Å². The van der Waals surface area contributed by atoms with Crippen LogP contribution < -0.4 is 11.1 Å². The van der Waals surface area contributed by atoms with Crippen molar-refractivity contribution in [3.05, 3.63) is 23.7 Å². The molecule has 1 aromatic rings. The molecule has 0 aliphatic heterocycles. The summed E-state index contributed by atoms with van der Waals surface area (Å²) in [5.41, 5.74) is 5.49. The second-order valence-corrected chi connectivity index (χ2v) is 5.03. The Kier molecular flexibility index (Phi) is 3.78. The number of carbonyl (C=O) groups is 1. The molecule has 104 valence electrons. The fourth-order valence-corrected chi connectivity index (χ4v) is 2.55. The fourth-order valence-electron chi connectivity index (χ4n) is 2.55. The number of amidine groups is 1. The first-order valence-corrected chi connectivity index (χ1v) is 6.43. The molecule has 6 heteroatoms. The second kappa shape index (κ2) is 5.34. The maximum absolute atomic E-state index is 12.2.